The molecule has 1 aromatic rings. The Labute approximate surface area is 95.4 Å². The number of halogens is 3. The second-order valence-corrected chi connectivity index (χ2v) is 3.28. The minimum absolute atomic E-state index is 0.374. The van der Waals surface area contributed by atoms with Crippen LogP contribution in [0.1, 0.15) is 18.4 Å². The van der Waals surface area contributed by atoms with Crippen molar-refractivity contribution in [1.82, 2.24) is 0 Å². The summed E-state index contributed by atoms with van der Waals surface area (Å²) in [5, 5.41) is 8.75. The van der Waals surface area contributed by atoms with Crippen LogP contribution in [0.25, 0.3) is 0 Å². The first-order chi connectivity index (χ1) is 7.95. The minimum atomic E-state index is -1.39. The second kappa shape index (κ2) is 5.34. The van der Waals surface area contributed by atoms with Gasteiger partial charge in [0.05, 0.1) is 6.07 Å². The molecule has 0 heterocycles. The Morgan fingerprint density at radius 2 is 2.12 bits per heavy atom. The predicted molar refractivity (Wildman–Crippen MR) is 51.3 cm³/mol. The fraction of sp³-hybridized carbons (Fsp3) is 0.273. The van der Waals surface area contributed by atoms with Crippen LogP contribution >= 0.6 is 0 Å². The number of esters is 1. The van der Waals surface area contributed by atoms with Gasteiger partial charge in [0.2, 0.25) is 0 Å². The average molecular weight is 243 g/mol. The average Bonchev–Trinajstić information content (AvgIpc) is 2.25. The Kier molecular flexibility index (Phi) is 4.10. The van der Waals surface area contributed by atoms with Crippen molar-refractivity contribution >= 4 is 5.97 Å². The Bertz CT molecular complexity index is 482. The van der Waals surface area contributed by atoms with Gasteiger partial charge in [0.1, 0.15) is 18.3 Å². The number of ether oxygens (including phenoxy) is 1. The van der Waals surface area contributed by atoms with Crippen LogP contribution < -0.4 is 0 Å². The molecule has 1 rings (SSSR count). The molecular weight excluding hydrogens is 235 g/mol. The van der Waals surface area contributed by atoms with Gasteiger partial charge in [-0.2, -0.15) is 5.26 Å². The van der Waals surface area contributed by atoms with E-state index in [1.165, 1.54) is 0 Å². The minimum Gasteiger partial charge on any atom is -0.464 e. The van der Waals surface area contributed by atoms with Crippen LogP contribution in [0, 0.1) is 28.8 Å². The highest BCUT2D eigenvalue weighted by atomic mass is 19.2. The van der Waals surface area contributed by atoms with Crippen LogP contribution in [0.3, 0.4) is 0 Å². The maximum absolute atomic E-state index is 13.3. The zero-order valence-electron chi connectivity index (χ0n) is 8.84. The van der Waals surface area contributed by atoms with Crippen LogP contribution in [0.2, 0.25) is 0 Å². The van der Waals surface area contributed by atoms with Crippen molar-refractivity contribution in [3.63, 3.8) is 0 Å². The van der Waals surface area contributed by atoms with E-state index in [1.54, 1.807) is 6.07 Å². The monoisotopic (exact) mass is 243 g/mol. The van der Waals surface area contributed by atoms with Crippen molar-refractivity contribution in [2.45, 2.75) is 12.8 Å². The van der Waals surface area contributed by atoms with Crippen LogP contribution in [0.4, 0.5) is 13.2 Å². The standard InChI is InChI=1S/C11H8F3NO2/c1-6(16)17-5-7(4-15)9-2-8(12)3-10(13)11(9)14/h2-3,7H,5H2,1H3. The second-order valence-electron chi connectivity index (χ2n) is 3.28. The fourth-order valence-corrected chi connectivity index (χ4v) is 1.23. The number of nitrogens with zero attached hydrogens (tertiary/aromatic N) is 1. The summed E-state index contributed by atoms with van der Waals surface area (Å²) >= 11 is 0. The van der Waals surface area contributed by atoms with Gasteiger partial charge in [-0.15, -0.1) is 0 Å². The van der Waals surface area contributed by atoms with Crippen molar-refractivity contribution in [3.8, 4) is 6.07 Å². The van der Waals surface area contributed by atoms with Gasteiger partial charge < -0.3 is 4.74 Å². The molecule has 0 bridgehead atoms. The lowest BCUT2D eigenvalue weighted by Crippen LogP contribution is -2.12. The van der Waals surface area contributed by atoms with E-state index in [2.05, 4.69) is 4.74 Å². The molecule has 0 aromatic heterocycles. The maximum Gasteiger partial charge on any atom is 0.302 e. The SMILES string of the molecule is CC(=O)OCC(C#N)c1cc(F)cc(F)c1F. The summed E-state index contributed by atoms with van der Waals surface area (Å²) in [7, 11) is 0. The van der Waals surface area contributed by atoms with Crippen LogP contribution in [0.15, 0.2) is 12.1 Å². The molecule has 0 fully saturated rings. The first-order valence-electron chi connectivity index (χ1n) is 4.63. The maximum atomic E-state index is 13.3. The van der Waals surface area contributed by atoms with Crippen molar-refractivity contribution < 1.29 is 22.7 Å². The molecule has 0 N–H and O–H groups in total. The van der Waals surface area contributed by atoms with Crippen molar-refractivity contribution in [2.24, 2.45) is 0 Å². The predicted octanol–water partition coefficient (Wildman–Crippen LogP) is 2.27. The van der Waals surface area contributed by atoms with Gasteiger partial charge in [0.15, 0.2) is 11.6 Å². The fourth-order valence-electron chi connectivity index (χ4n) is 1.23. The van der Waals surface area contributed by atoms with Crippen molar-refractivity contribution in [2.75, 3.05) is 6.61 Å². The molecule has 0 saturated carbocycles. The largest absolute Gasteiger partial charge is 0.464 e. The highest BCUT2D eigenvalue weighted by molar-refractivity contribution is 5.66. The van der Waals surface area contributed by atoms with E-state index in [0.717, 1.165) is 6.92 Å². The van der Waals surface area contributed by atoms with E-state index in [-0.39, 0.29) is 0 Å². The quantitative estimate of drug-likeness (QED) is 0.604. The lowest BCUT2D eigenvalue weighted by atomic mass is 10.0. The smallest absolute Gasteiger partial charge is 0.302 e. The number of carbonyl (C=O) groups is 1. The van der Waals surface area contributed by atoms with Crippen molar-refractivity contribution in [1.29, 1.82) is 5.26 Å². The highest BCUT2D eigenvalue weighted by Gasteiger charge is 2.20. The Morgan fingerprint density at radius 1 is 1.47 bits per heavy atom. The molecule has 0 spiro atoms. The molecule has 1 unspecified atom stereocenters. The zero-order valence-corrected chi connectivity index (χ0v) is 8.84. The van der Waals surface area contributed by atoms with Gasteiger partial charge in [0.25, 0.3) is 0 Å². The Hall–Kier alpha value is -2.03. The first kappa shape index (κ1) is 13.0. The molecular formula is C11H8F3NO2. The lowest BCUT2D eigenvalue weighted by Gasteiger charge is -2.10. The molecule has 0 amide bonds. The van der Waals surface area contributed by atoms with E-state index in [4.69, 9.17) is 5.26 Å². The summed E-state index contributed by atoms with van der Waals surface area (Å²) in [6, 6.07) is 2.70. The van der Waals surface area contributed by atoms with E-state index in [1.807, 2.05) is 0 Å². The number of benzene rings is 1. The molecule has 0 aliphatic carbocycles. The molecule has 6 heteroatoms. The number of hydrogen-bond donors (Lipinski definition) is 0. The molecule has 1 atom stereocenters. The summed E-state index contributed by atoms with van der Waals surface area (Å²) in [6.45, 7) is 0.655. The molecule has 0 aliphatic rings. The van der Waals surface area contributed by atoms with Crippen LogP contribution in [0.5, 0.6) is 0 Å². The lowest BCUT2D eigenvalue weighted by molar-refractivity contribution is -0.141. The third-order valence-electron chi connectivity index (χ3n) is 2.01. The van der Waals surface area contributed by atoms with E-state index in [9.17, 15) is 18.0 Å². The highest BCUT2D eigenvalue weighted by Crippen LogP contribution is 2.22. The molecule has 0 saturated heterocycles. The molecule has 0 radical (unpaired) electrons. The number of hydrogen-bond acceptors (Lipinski definition) is 3. The van der Waals surface area contributed by atoms with Gasteiger partial charge in [-0.3, -0.25) is 4.79 Å². The van der Waals surface area contributed by atoms with E-state index < -0.39 is 41.5 Å². The van der Waals surface area contributed by atoms with Gasteiger partial charge in [-0.1, -0.05) is 0 Å². The summed E-state index contributed by atoms with van der Waals surface area (Å²) in [5.74, 6) is -5.61. The van der Waals surface area contributed by atoms with Gasteiger partial charge in [-0.05, 0) is 6.07 Å². The number of nitriles is 1. The summed E-state index contributed by atoms with van der Waals surface area (Å²) in [4.78, 5) is 10.5. The molecule has 0 aliphatic heterocycles. The number of rotatable bonds is 3. The zero-order chi connectivity index (χ0) is 13.0. The summed E-state index contributed by atoms with van der Waals surface area (Å²) in [5.41, 5.74) is -0.466. The molecule has 90 valence electrons. The van der Waals surface area contributed by atoms with Gasteiger partial charge >= 0.3 is 5.97 Å². The van der Waals surface area contributed by atoms with Crippen molar-refractivity contribution in [3.05, 3.63) is 35.1 Å². The van der Waals surface area contributed by atoms with E-state index >= 15 is 0 Å². The molecule has 1 aromatic carbocycles. The molecule has 17 heavy (non-hydrogen) atoms. The van der Waals surface area contributed by atoms with Crippen LogP contribution in [-0.2, 0) is 9.53 Å². The summed E-state index contributed by atoms with van der Waals surface area (Å²) in [6.07, 6.45) is 0. The topological polar surface area (TPSA) is 50.1 Å². The Morgan fingerprint density at radius 3 is 2.65 bits per heavy atom. The first-order valence-corrected chi connectivity index (χ1v) is 4.63. The molecule has 3 nitrogen and oxygen atoms in total. The van der Waals surface area contributed by atoms with E-state index in [0.29, 0.717) is 12.1 Å². The Balaban J connectivity index is 3.04. The normalized spacial score (nSPS) is 11.7. The third-order valence-corrected chi connectivity index (χ3v) is 2.01. The van der Waals surface area contributed by atoms with Gasteiger partial charge in [0, 0.05) is 18.6 Å². The van der Waals surface area contributed by atoms with Gasteiger partial charge in [-0.25, -0.2) is 13.2 Å². The third kappa shape index (κ3) is 3.21. The van der Waals surface area contributed by atoms with Crippen LogP contribution in [-0.4, -0.2) is 12.6 Å². The number of carbonyl (C=O) groups excluding carboxylic acids is 1. The summed E-state index contributed by atoms with van der Waals surface area (Å²) < 4.78 is 43.6.